The van der Waals surface area contributed by atoms with Crippen LogP contribution in [0, 0.1) is 35.5 Å². The van der Waals surface area contributed by atoms with Gasteiger partial charge in [-0.3, -0.25) is 57.5 Å². The van der Waals surface area contributed by atoms with Crippen LogP contribution in [0.3, 0.4) is 0 Å². The molecule has 12 amide bonds. The summed E-state index contributed by atoms with van der Waals surface area (Å²) in [7, 11) is 7.81. The van der Waals surface area contributed by atoms with E-state index >= 15 is 28.8 Å². The first-order chi connectivity index (χ1) is 44.9. The van der Waals surface area contributed by atoms with Crippen LogP contribution in [-0.4, -0.2) is 270 Å². The Labute approximate surface area is 575 Å². The SMILES string of the molecule is CC=CC[C@@H](C)[C@@H](O)[C@H]1C(=O)N[C@@H]([C@@H](C)OC(C)=O)C(=O)N(C)[C@H](C)C(=O)N(C)[C@@H](C(C)OC(=O)N2CCOCC2)C(=O)N[C@@H](CC(C)C)C(=O)N(C)[C@@H](CC(C)C)C(=O)N[C@@H](C)C(=O)N[C@H](C)C(=O)N(C)[C@@H](CC(C)C)C(=O)N[C@@H](CC(C)C)C(=O)N(C)[C@@H](C(C)C)C(=O)N1C. The van der Waals surface area contributed by atoms with Gasteiger partial charge in [-0.1, -0.05) is 88.3 Å². The van der Waals surface area contributed by atoms with Crippen LogP contribution < -0.4 is 26.6 Å². The van der Waals surface area contributed by atoms with Gasteiger partial charge in [-0.05, 0) is 109 Å². The monoisotopic (exact) mass is 1370 g/mol. The molecule has 2 saturated heterocycles. The van der Waals surface area contributed by atoms with Gasteiger partial charge in [-0.25, -0.2) is 4.79 Å². The highest BCUT2D eigenvalue weighted by atomic mass is 16.6. The maximum absolute atomic E-state index is 15.3. The molecule has 97 heavy (non-hydrogen) atoms. The van der Waals surface area contributed by atoms with E-state index in [4.69, 9.17) is 14.2 Å². The van der Waals surface area contributed by atoms with Crippen LogP contribution in [0.2, 0.25) is 0 Å². The van der Waals surface area contributed by atoms with Crippen molar-refractivity contribution in [1.29, 1.82) is 0 Å². The number of likely N-dealkylation sites (N-methyl/N-ethyl adjacent to an activating group) is 6. The molecule has 552 valence electrons. The summed E-state index contributed by atoms with van der Waals surface area (Å²) in [5, 5.41) is 25.9. The van der Waals surface area contributed by atoms with Crippen molar-refractivity contribution >= 4 is 77.0 Å². The van der Waals surface area contributed by atoms with Crippen molar-refractivity contribution in [3.8, 4) is 0 Å². The molecular weight excluding hydrogens is 1260 g/mol. The van der Waals surface area contributed by atoms with Gasteiger partial charge in [0.1, 0.15) is 78.7 Å². The first-order valence-corrected chi connectivity index (χ1v) is 34.1. The van der Waals surface area contributed by atoms with E-state index in [1.165, 1.54) is 86.7 Å². The first-order valence-electron chi connectivity index (χ1n) is 34.1. The Kier molecular flexibility index (Phi) is 34.6. The Hall–Kier alpha value is -7.43. The number of rotatable bonds is 17. The fraction of sp³-hybridized carbons (Fsp3) is 0.779. The number of amides is 12. The average molecular weight is 1380 g/mol. The van der Waals surface area contributed by atoms with Gasteiger partial charge in [0, 0.05) is 62.3 Å². The lowest BCUT2D eigenvalue weighted by molar-refractivity contribution is -0.158. The van der Waals surface area contributed by atoms with Crippen LogP contribution in [0.1, 0.15) is 157 Å². The predicted octanol–water partition coefficient (Wildman–Crippen LogP) is 2.06. The van der Waals surface area contributed by atoms with Crippen LogP contribution >= 0.6 is 0 Å². The molecule has 2 rings (SSSR count). The van der Waals surface area contributed by atoms with E-state index in [2.05, 4.69) is 26.6 Å². The van der Waals surface area contributed by atoms with Gasteiger partial charge in [-0.2, -0.15) is 0 Å². The Morgan fingerprint density at radius 2 is 0.928 bits per heavy atom. The molecule has 0 aromatic rings. The molecular formula is C68H118N12O17. The normalized spacial score (nSPS) is 27.1. The zero-order valence-electron chi connectivity index (χ0n) is 62.2. The molecule has 0 saturated carbocycles. The van der Waals surface area contributed by atoms with E-state index in [0.717, 1.165) is 31.4 Å². The molecule has 0 bridgehead atoms. The third-order valence-electron chi connectivity index (χ3n) is 17.8. The molecule has 2 heterocycles. The van der Waals surface area contributed by atoms with E-state index in [-0.39, 0.29) is 82.1 Å². The van der Waals surface area contributed by atoms with Crippen LogP contribution in [0.5, 0.6) is 0 Å². The van der Waals surface area contributed by atoms with Crippen molar-refractivity contribution in [3.05, 3.63) is 12.2 Å². The zero-order chi connectivity index (χ0) is 74.5. The third kappa shape index (κ3) is 24.5. The molecule has 0 radical (unpaired) electrons. The Morgan fingerprint density at radius 3 is 1.40 bits per heavy atom. The predicted molar refractivity (Wildman–Crippen MR) is 363 cm³/mol. The Balaban J connectivity index is 3.15. The number of aliphatic hydroxyl groups is 1. The van der Waals surface area contributed by atoms with Gasteiger partial charge in [0.25, 0.3) is 0 Å². The van der Waals surface area contributed by atoms with Crippen LogP contribution in [0.15, 0.2) is 12.2 Å². The molecule has 0 spiro atoms. The highest BCUT2D eigenvalue weighted by Gasteiger charge is 2.47. The molecule has 0 aromatic carbocycles. The van der Waals surface area contributed by atoms with Crippen molar-refractivity contribution in [1.82, 2.24) is 60.9 Å². The van der Waals surface area contributed by atoms with Crippen molar-refractivity contribution in [2.24, 2.45) is 35.5 Å². The van der Waals surface area contributed by atoms with E-state index in [1.807, 2.05) is 41.5 Å². The summed E-state index contributed by atoms with van der Waals surface area (Å²) in [6, 6.07) is -16.1. The van der Waals surface area contributed by atoms with Crippen molar-refractivity contribution in [2.45, 2.75) is 242 Å². The number of nitrogens with one attached hydrogen (secondary N) is 5. The van der Waals surface area contributed by atoms with E-state index in [1.54, 1.807) is 53.7 Å². The maximum Gasteiger partial charge on any atom is 0.410 e. The molecule has 29 nitrogen and oxygen atoms in total. The standard InChI is InChI=1S/C68H118N12O17/c1-25-26-27-41(12)56(82)55-61(87)73-52(45(16)96-47(18)81)66(92)74(19)44(15)63(89)78(23)54(46(17)97-68(94)80-28-30-95-31-29-80)60(86)72-48(32-36(2)3)64(90)76(21)50(34-38(6)7)58(84)69-42(13)57(83)70-43(14)62(88)75(20)51(35-39(8)9)59(85)71-49(33-37(4)5)65(91)77(22)53(40(10)11)67(93)79(55)24/h25-26,36-46,48-56,82H,27-35H2,1-24H3,(H,69,84)(H,70,83)(H,71,85)(H,72,86)(H,73,87)/t41-,42+,43-,44-,45-,46?,48+,49+,50+,51+,52+,53+,54+,55+,56-/m1/s1. The topological polar surface area (TPSA) is 353 Å². The summed E-state index contributed by atoms with van der Waals surface area (Å²) >= 11 is 0. The molecule has 15 atom stereocenters. The minimum Gasteiger partial charge on any atom is -0.460 e. The van der Waals surface area contributed by atoms with Crippen LogP contribution in [0.25, 0.3) is 0 Å². The number of ether oxygens (including phenoxy) is 3. The first kappa shape index (κ1) is 85.7. The van der Waals surface area contributed by atoms with Crippen molar-refractivity contribution in [3.63, 3.8) is 0 Å². The lowest BCUT2D eigenvalue weighted by Gasteiger charge is -2.40. The number of allylic oxidation sites excluding steroid dienone is 2. The molecule has 2 aliphatic heterocycles. The molecule has 29 heteroatoms. The van der Waals surface area contributed by atoms with Gasteiger partial charge in [-0.15, -0.1) is 0 Å². The fourth-order valence-corrected chi connectivity index (χ4v) is 12.0. The van der Waals surface area contributed by atoms with Crippen molar-refractivity contribution < 1.29 is 81.6 Å². The zero-order valence-corrected chi connectivity index (χ0v) is 62.2. The summed E-state index contributed by atoms with van der Waals surface area (Å²) in [5.41, 5.74) is 0. The van der Waals surface area contributed by atoms with Crippen LogP contribution in [0.4, 0.5) is 4.79 Å². The van der Waals surface area contributed by atoms with Gasteiger partial charge in [0.05, 0.1) is 19.3 Å². The minimum atomic E-state index is -1.85. The summed E-state index contributed by atoms with van der Waals surface area (Å²) < 4.78 is 16.9. The number of aliphatic hydroxyl groups excluding tert-OH is 1. The summed E-state index contributed by atoms with van der Waals surface area (Å²) in [4.78, 5) is 198. The molecule has 2 fully saturated rings. The lowest BCUT2D eigenvalue weighted by atomic mass is 9.91. The van der Waals surface area contributed by atoms with E-state index in [9.17, 15) is 38.7 Å². The van der Waals surface area contributed by atoms with E-state index in [0.29, 0.717) is 0 Å². The van der Waals surface area contributed by atoms with Crippen LogP contribution in [-0.2, 0) is 71.7 Å². The number of hydrogen-bond donors (Lipinski definition) is 6. The summed E-state index contributed by atoms with van der Waals surface area (Å²) in [6.45, 7) is 29.7. The largest absolute Gasteiger partial charge is 0.460 e. The van der Waals surface area contributed by atoms with Crippen molar-refractivity contribution in [2.75, 3.05) is 68.6 Å². The number of nitrogens with zero attached hydrogens (tertiary/aromatic N) is 7. The molecule has 2 aliphatic rings. The highest BCUT2D eigenvalue weighted by molar-refractivity contribution is 6.00. The minimum absolute atomic E-state index is 0.0140. The molecule has 0 aliphatic carbocycles. The summed E-state index contributed by atoms with van der Waals surface area (Å²) in [6.07, 6.45) is -1.61. The van der Waals surface area contributed by atoms with Gasteiger partial charge >= 0.3 is 12.1 Å². The number of carbonyl (C=O) groups is 13. The van der Waals surface area contributed by atoms with E-state index < -0.39 is 174 Å². The van der Waals surface area contributed by atoms with Gasteiger partial charge < -0.3 is 80.2 Å². The quantitative estimate of drug-likeness (QED) is 0.0896. The smallest absolute Gasteiger partial charge is 0.410 e. The third-order valence-corrected chi connectivity index (χ3v) is 17.8. The summed E-state index contributed by atoms with van der Waals surface area (Å²) in [5.74, 6) is -12.6. The highest BCUT2D eigenvalue weighted by Crippen LogP contribution is 2.25. The number of carbonyl (C=O) groups excluding carboxylic acids is 13. The second-order valence-electron chi connectivity index (χ2n) is 28.3. The second kappa shape index (κ2) is 39.2. The second-order valence-corrected chi connectivity index (χ2v) is 28.3. The van der Waals surface area contributed by atoms with Gasteiger partial charge in [0.2, 0.25) is 65.0 Å². The lowest BCUT2D eigenvalue weighted by Crippen LogP contribution is -2.65. The average Bonchev–Trinajstić information content (AvgIpc) is 0.808. The number of hydrogen-bond acceptors (Lipinski definition) is 17. The number of esters is 1. The Bertz CT molecular complexity index is 2760. The molecule has 6 N–H and O–H groups in total. The maximum atomic E-state index is 15.3. The number of morpholine rings is 1. The van der Waals surface area contributed by atoms with Gasteiger partial charge in [0.15, 0.2) is 0 Å². The molecule has 1 unspecified atom stereocenters. The molecule has 0 aromatic heterocycles. The Morgan fingerprint density at radius 1 is 0.495 bits per heavy atom. The fourth-order valence-electron chi connectivity index (χ4n) is 12.0.